The van der Waals surface area contributed by atoms with E-state index in [4.69, 9.17) is 16.7 Å². The number of para-hydroxylation sites is 2. The number of nitrogens with one attached hydrogen (secondary N) is 2. The number of urea groups is 1. The molecule has 0 aliphatic rings. The SMILES string of the molecule is CN(C(=O)CN(C(=O)CNC(=O)Nc1ccc(Cl)c(C(=O)O)c1)c1ccccc1)c1ccccc1. The lowest BCUT2D eigenvalue weighted by molar-refractivity contribution is -0.121. The number of hydrogen-bond acceptors (Lipinski definition) is 4. The number of halogens is 1. The number of carboxylic acids is 1. The zero-order valence-corrected chi connectivity index (χ0v) is 19.5. The maximum atomic E-state index is 13.0. The van der Waals surface area contributed by atoms with Crippen LogP contribution in [-0.2, 0) is 9.59 Å². The summed E-state index contributed by atoms with van der Waals surface area (Å²) in [5.41, 5.74) is 1.20. The number of carbonyl (C=O) groups excluding carboxylic acids is 3. The van der Waals surface area contributed by atoms with Gasteiger partial charge in [-0.15, -0.1) is 0 Å². The summed E-state index contributed by atoms with van der Waals surface area (Å²) in [6, 6.07) is 20.9. The normalized spacial score (nSPS) is 10.2. The Morgan fingerprint density at radius 2 is 1.46 bits per heavy atom. The van der Waals surface area contributed by atoms with Crippen LogP contribution in [0.4, 0.5) is 21.9 Å². The lowest BCUT2D eigenvalue weighted by atomic mass is 10.2. The smallest absolute Gasteiger partial charge is 0.337 e. The van der Waals surface area contributed by atoms with E-state index in [9.17, 15) is 19.2 Å². The Bertz CT molecular complexity index is 1220. The molecule has 9 nitrogen and oxygen atoms in total. The number of carboxylic acid groups (broad SMARTS) is 1. The zero-order valence-electron chi connectivity index (χ0n) is 18.8. The van der Waals surface area contributed by atoms with Gasteiger partial charge in [0.05, 0.1) is 17.1 Å². The van der Waals surface area contributed by atoms with Crippen LogP contribution in [0.15, 0.2) is 78.9 Å². The lowest BCUT2D eigenvalue weighted by Gasteiger charge is -2.25. The van der Waals surface area contributed by atoms with Gasteiger partial charge < -0.3 is 25.5 Å². The summed E-state index contributed by atoms with van der Waals surface area (Å²) < 4.78 is 0. The molecule has 3 aromatic carbocycles. The third-order valence-electron chi connectivity index (χ3n) is 5.03. The van der Waals surface area contributed by atoms with Crippen LogP contribution in [-0.4, -0.2) is 49.1 Å². The molecule has 0 unspecified atom stereocenters. The molecular weight excluding hydrogens is 472 g/mol. The highest BCUT2D eigenvalue weighted by Crippen LogP contribution is 2.20. The van der Waals surface area contributed by atoms with Crippen molar-refractivity contribution in [2.45, 2.75) is 0 Å². The van der Waals surface area contributed by atoms with Crippen molar-refractivity contribution in [1.82, 2.24) is 5.32 Å². The number of nitrogens with zero attached hydrogens (tertiary/aromatic N) is 2. The van der Waals surface area contributed by atoms with Gasteiger partial charge in [-0.3, -0.25) is 9.59 Å². The van der Waals surface area contributed by atoms with Crippen LogP contribution < -0.4 is 20.4 Å². The van der Waals surface area contributed by atoms with E-state index in [1.165, 1.54) is 28.0 Å². The molecule has 0 saturated carbocycles. The van der Waals surface area contributed by atoms with Gasteiger partial charge in [-0.25, -0.2) is 9.59 Å². The summed E-state index contributed by atoms with van der Waals surface area (Å²) in [4.78, 5) is 52.2. The fraction of sp³-hybridized carbons (Fsp3) is 0.120. The molecule has 180 valence electrons. The summed E-state index contributed by atoms with van der Waals surface area (Å²) in [5.74, 6) is -2.07. The van der Waals surface area contributed by atoms with Gasteiger partial charge in [-0.1, -0.05) is 48.0 Å². The molecule has 35 heavy (non-hydrogen) atoms. The van der Waals surface area contributed by atoms with Crippen molar-refractivity contribution in [3.63, 3.8) is 0 Å². The molecule has 0 fully saturated rings. The van der Waals surface area contributed by atoms with Gasteiger partial charge in [0.2, 0.25) is 11.8 Å². The lowest BCUT2D eigenvalue weighted by Crippen LogP contribution is -2.46. The van der Waals surface area contributed by atoms with Gasteiger partial charge in [0.1, 0.15) is 6.54 Å². The average molecular weight is 495 g/mol. The van der Waals surface area contributed by atoms with Crippen molar-refractivity contribution >= 4 is 52.5 Å². The Morgan fingerprint density at radius 1 is 0.857 bits per heavy atom. The van der Waals surface area contributed by atoms with Crippen molar-refractivity contribution in [3.05, 3.63) is 89.4 Å². The van der Waals surface area contributed by atoms with Gasteiger partial charge in [-0.05, 0) is 42.5 Å². The summed E-state index contributed by atoms with van der Waals surface area (Å²) >= 11 is 5.84. The van der Waals surface area contributed by atoms with Crippen LogP contribution >= 0.6 is 11.6 Å². The summed E-state index contributed by atoms with van der Waals surface area (Å²) in [7, 11) is 1.62. The first-order valence-electron chi connectivity index (χ1n) is 10.5. The Labute approximate surface area is 206 Å². The summed E-state index contributed by atoms with van der Waals surface area (Å²) in [6.07, 6.45) is 0. The largest absolute Gasteiger partial charge is 0.478 e. The Hall–Kier alpha value is -4.37. The quantitative estimate of drug-likeness (QED) is 0.439. The highest BCUT2D eigenvalue weighted by Gasteiger charge is 2.22. The van der Waals surface area contributed by atoms with E-state index < -0.39 is 24.5 Å². The first-order valence-corrected chi connectivity index (χ1v) is 10.9. The third kappa shape index (κ3) is 6.81. The number of rotatable bonds is 8. The van der Waals surface area contributed by atoms with Crippen LogP contribution in [0.5, 0.6) is 0 Å². The molecule has 0 bridgehead atoms. The fourth-order valence-corrected chi connectivity index (χ4v) is 3.36. The molecule has 0 heterocycles. The molecule has 3 rings (SSSR count). The molecular formula is C25H23ClN4O5. The van der Waals surface area contributed by atoms with E-state index >= 15 is 0 Å². The van der Waals surface area contributed by atoms with Crippen LogP contribution in [0.3, 0.4) is 0 Å². The van der Waals surface area contributed by atoms with Crippen molar-refractivity contribution < 1.29 is 24.3 Å². The van der Waals surface area contributed by atoms with Gasteiger partial charge in [0.25, 0.3) is 0 Å². The second-order valence-electron chi connectivity index (χ2n) is 7.41. The number of anilines is 3. The predicted molar refractivity (Wildman–Crippen MR) is 134 cm³/mol. The fourth-order valence-electron chi connectivity index (χ4n) is 3.16. The number of hydrogen-bond donors (Lipinski definition) is 3. The van der Waals surface area contributed by atoms with Crippen molar-refractivity contribution in [2.24, 2.45) is 0 Å². The minimum absolute atomic E-state index is 0.0299. The van der Waals surface area contributed by atoms with Crippen LogP contribution in [0.1, 0.15) is 10.4 Å². The number of benzene rings is 3. The third-order valence-corrected chi connectivity index (χ3v) is 5.36. The monoisotopic (exact) mass is 494 g/mol. The molecule has 0 saturated heterocycles. The number of aromatic carboxylic acids is 1. The maximum absolute atomic E-state index is 13.0. The van der Waals surface area contributed by atoms with Gasteiger partial charge in [-0.2, -0.15) is 0 Å². The van der Waals surface area contributed by atoms with E-state index in [0.29, 0.717) is 11.4 Å². The number of likely N-dealkylation sites (N-methyl/N-ethyl adjacent to an activating group) is 1. The zero-order chi connectivity index (χ0) is 25.4. The van der Waals surface area contributed by atoms with Crippen LogP contribution in [0.25, 0.3) is 0 Å². The van der Waals surface area contributed by atoms with E-state index in [0.717, 1.165) is 0 Å². The molecule has 3 N–H and O–H groups in total. The van der Waals surface area contributed by atoms with Crippen LogP contribution in [0, 0.1) is 0 Å². The molecule has 3 aromatic rings. The average Bonchev–Trinajstić information content (AvgIpc) is 2.87. The topological polar surface area (TPSA) is 119 Å². The van der Waals surface area contributed by atoms with Crippen LogP contribution in [0.2, 0.25) is 5.02 Å². The van der Waals surface area contributed by atoms with E-state index in [1.807, 2.05) is 18.2 Å². The standard InChI is InChI=1S/C25H23ClN4O5/c1-29(18-8-4-2-5-9-18)23(32)16-30(19-10-6-3-7-11-19)22(31)15-27-25(35)28-17-12-13-21(26)20(14-17)24(33)34/h2-14H,15-16H2,1H3,(H,33,34)(H2,27,28,35). The molecule has 10 heteroatoms. The Morgan fingerprint density at radius 3 is 2.06 bits per heavy atom. The molecule has 0 radical (unpaired) electrons. The summed E-state index contributed by atoms with van der Waals surface area (Å²) in [6.45, 7) is -0.640. The van der Waals surface area contributed by atoms with E-state index in [2.05, 4.69) is 10.6 Å². The first-order chi connectivity index (χ1) is 16.8. The molecule has 0 aliphatic carbocycles. The van der Waals surface area contributed by atoms with Crippen molar-refractivity contribution in [1.29, 1.82) is 0 Å². The molecule has 0 spiro atoms. The molecule has 4 amide bonds. The highest BCUT2D eigenvalue weighted by molar-refractivity contribution is 6.33. The van der Waals surface area contributed by atoms with Crippen molar-refractivity contribution in [2.75, 3.05) is 35.3 Å². The van der Waals surface area contributed by atoms with E-state index in [-0.39, 0.29) is 28.7 Å². The molecule has 0 aliphatic heterocycles. The van der Waals surface area contributed by atoms with Gasteiger partial charge >= 0.3 is 12.0 Å². The second-order valence-corrected chi connectivity index (χ2v) is 7.82. The minimum Gasteiger partial charge on any atom is -0.478 e. The minimum atomic E-state index is -1.24. The maximum Gasteiger partial charge on any atom is 0.337 e. The predicted octanol–water partition coefficient (Wildman–Crippen LogP) is 3.86. The second kappa shape index (κ2) is 11.7. The van der Waals surface area contributed by atoms with Gasteiger partial charge in [0, 0.05) is 24.1 Å². The first kappa shape index (κ1) is 25.3. The Balaban J connectivity index is 1.67. The highest BCUT2D eigenvalue weighted by atomic mass is 35.5. The summed E-state index contributed by atoms with van der Waals surface area (Å²) in [5, 5.41) is 14.1. The van der Waals surface area contributed by atoms with Crippen molar-refractivity contribution in [3.8, 4) is 0 Å². The van der Waals surface area contributed by atoms with Gasteiger partial charge in [0.15, 0.2) is 0 Å². The molecule has 0 aromatic heterocycles. The molecule has 0 atom stereocenters. The number of amides is 4. The number of carbonyl (C=O) groups is 4. The Kier molecular flexibility index (Phi) is 8.42. The van der Waals surface area contributed by atoms with E-state index in [1.54, 1.807) is 49.5 Å².